The van der Waals surface area contributed by atoms with Crippen LogP contribution in [0, 0.1) is 0 Å². The minimum atomic E-state index is -0.543. The lowest BCUT2D eigenvalue weighted by Crippen LogP contribution is -2.27. The van der Waals surface area contributed by atoms with Gasteiger partial charge in [-0.3, -0.25) is 4.79 Å². The second kappa shape index (κ2) is 50.2. The third kappa shape index (κ3) is 48.4. The predicted octanol–water partition coefficient (Wildman–Crippen LogP) is 16.8. The molecule has 0 heterocycles. The van der Waals surface area contributed by atoms with Gasteiger partial charge in [-0.1, -0.05) is 216 Å². The fourth-order valence-corrected chi connectivity index (χ4v) is 7.07. The number of carbonyl (C=O) groups excluding carboxylic acids is 1. The van der Waals surface area contributed by atoms with E-state index in [0.717, 1.165) is 38.5 Å². The van der Waals surface area contributed by atoms with E-state index >= 15 is 0 Å². The van der Waals surface area contributed by atoms with Crippen molar-refractivity contribution in [3.8, 4) is 0 Å². The van der Waals surface area contributed by atoms with Gasteiger partial charge in [0, 0.05) is 13.0 Å². The van der Waals surface area contributed by atoms with E-state index in [1.807, 2.05) is 0 Å². The SMILES string of the molecule is CCCCCCC/C=C\C/C=C\C/C=C\CCCCCCCCCCCOCC(CO)OC(=O)CCCCCCCCCCC/C=C\C/C=C\CCCCCCC. The fourth-order valence-electron chi connectivity index (χ4n) is 7.07. The average molecular weight is 797 g/mol. The summed E-state index contributed by atoms with van der Waals surface area (Å²) in [6.45, 7) is 5.33. The smallest absolute Gasteiger partial charge is 0.306 e. The summed E-state index contributed by atoms with van der Waals surface area (Å²) in [5.74, 6) is -0.206. The first-order valence-corrected chi connectivity index (χ1v) is 24.9. The van der Waals surface area contributed by atoms with E-state index in [9.17, 15) is 9.90 Å². The Kier molecular flexibility index (Phi) is 48.6. The van der Waals surface area contributed by atoms with Crippen LogP contribution in [0.4, 0.5) is 0 Å². The molecule has 0 aromatic carbocycles. The number of rotatable bonds is 46. The zero-order chi connectivity index (χ0) is 41.2. The van der Waals surface area contributed by atoms with Crippen molar-refractivity contribution in [3.63, 3.8) is 0 Å². The highest BCUT2D eigenvalue weighted by molar-refractivity contribution is 5.69. The van der Waals surface area contributed by atoms with Crippen LogP contribution < -0.4 is 0 Å². The molecule has 0 fully saturated rings. The van der Waals surface area contributed by atoms with Crippen molar-refractivity contribution in [1.82, 2.24) is 0 Å². The third-order valence-electron chi connectivity index (χ3n) is 10.8. The predicted molar refractivity (Wildman–Crippen MR) is 251 cm³/mol. The van der Waals surface area contributed by atoms with E-state index in [0.29, 0.717) is 13.0 Å². The molecule has 0 amide bonds. The summed E-state index contributed by atoms with van der Waals surface area (Å²) in [5.41, 5.74) is 0. The molecule has 332 valence electrons. The molecule has 4 heteroatoms. The molecule has 0 bridgehead atoms. The summed E-state index contributed by atoms with van der Waals surface area (Å²) < 4.78 is 11.2. The van der Waals surface area contributed by atoms with Gasteiger partial charge in [-0.05, 0) is 83.5 Å². The van der Waals surface area contributed by atoms with Crippen molar-refractivity contribution < 1.29 is 19.4 Å². The van der Waals surface area contributed by atoms with E-state index < -0.39 is 6.10 Å². The molecule has 0 rings (SSSR count). The summed E-state index contributed by atoms with van der Waals surface area (Å²) >= 11 is 0. The molecule has 0 aliphatic carbocycles. The summed E-state index contributed by atoms with van der Waals surface area (Å²) in [5, 5.41) is 9.64. The lowest BCUT2D eigenvalue weighted by atomic mass is 10.1. The van der Waals surface area contributed by atoms with Crippen LogP contribution in [-0.2, 0) is 14.3 Å². The second-order valence-corrected chi connectivity index (χ2v) is 16.5. The number of allylic oxidation sites excluding steroid dienone is 10. The van der Waals surface area contributed by atoms with E-state index in [2.05, 4.69) is 74.6 Å². The summed E-state index contributed by atoms with van der Waals surface area (Å²) in [6.07, 6.45) is 67.3. The highest BCUT2D eigenvalue weighted by Crippen LogP contribution is 2.14. The molecule has 1 N–H and O–H groups in total. The number of carbonyl (C=O) groups is 1. The van der Waals surface area contributed by atoms with Crippen molar-refractivity contribution >= 4 is 5.97 Å². The molecule has 0 radical (unpaired) electrons. The Hall–Kier alpha value is -1.91. The molecule has 57 heavy (non-hydrogen) atoms. The Labute approximate surface area is 355 Å². The molecule has 0 saturated heterocycles. The zero-order valence-electron chi connectivity index (χ0n) is 38.1. The van der Waals surface area contributed by atoms with Gasteiger partial charge in [-0.2, -0.15) is 0 Å². The van der Waals surface area contributed by atoms with Gasteiger partial charge in [0.1, 0.15) is 6.10 Å². The average Bonchev–Trinajstić information content (AvgIpc) is 3.22. The molecule has 4 nitrogen and oxygen atoms in total. The molecule has 0 aromatic rings. The lowest BCUT2D eigenvalue weighted by Gasteiger charge is -2.16. The Morgan fingerprint density at radius 3 is 1.11 bits per heavy atom. The zero-order valence-corrected chi connectivity index (χ0v) is 38.1. The van der Waals surface area contributed by atoms with Gasteiger partial charge < -0.3 is 14.6 Å². The summed E-state index contributed by atoms with van der Waals surface area (Å²) in [6, 6.07) is 0. The van der Waals surface area contributed by atoms with Gasteiger partial charge in [-0.15, -0.1) is 0 Å². The number of ether oxygens (including phenoxy) is 2. The van der Waals surface area contributed by atoms with Gasteiger partial charge in [0.05, 0.1) is 13.2 Å². The van der Waals surface area contributed by atoms with Gasteiger partial charge in [-0.25, -0.2) is 0 Å². The normalized spacial score (nSPS) is 12.8. The van der Waals surface area contributed by atoms with Crippen LogP contribution in [0.1, 0.15) is 245 Å². The topological polar surface area (TPSA) is 55.8 Å². The minimum absolute atomic E-state index is 0.177. The van der Waals surface area contributed by atoms with Crippen LogP contribution in [0.3, 0.4) is 0 Å². The highest BCUT2D eigenvalue weighted by atomic mass is 16.6. The maximum Gasteiger partial charge on any atom is 0.306 e. The number of hydrogen-bond acceptors (Lipinski definition) is 4. The second-order valence-electron chi connectivity index (χ2n) is 16.5. The highest BCUT2D eigenvalue weighted by Gasteiger charge is 2.13. The molecule has 1 unspecified atom stereocenters. The molecular weight excluding hydrogens is 701 g/mol. The first kappa shape index (κ1) is 55.1. The molecule has 0 aliphatic rings. The molecule has 0 aliphatic heterocycles. The molecule has 1 atom stereocenters. The van der Waals surface area contributed by atoms with Gasteiger partial charge in [0.2, 0.25) is 0 Å². The van der Waals surface area contributed by atoms with Crippen molar-refractivity contribution in [2.45, 2.75) is 251 Å². The molecule has 0 spiro atoms. The van der Waals surface area contributed by atoms with Gasteiger partial charge >= 0.3 is 5.97 Å². The first-order valence-electron chi connectivity index (χ1n) is 24.9. The first-order chi connectivity index (χ1) is 28.2. The molecular formula is C53H96O4. The van der Waals surface area contributed by atoms with E-state index in [4.69, 9.17) is 9.47 Å². The fraction of sp³-hybridized carbons (Fsp3) is 0.792. The summed E-state index contributed by atoms with van der Waals surface area (Å²) in [7, 11) is 0. The van der Waals surface area contributed by atoms with Crippen molar-refractivity contribution in [3.05, 3.63) is 60.8 Å². The Bertz CT molecular complexity index is 931. The summed E-state index contributed by atoms with van der Waals surface area (Å²) in [4.78, 5) is 12.3. The molecule has 0 aromatic heterocycles. The number of unbranched alkanes of at least 4 members (excludes halogenated alkanes) is 28. The van der Waals surface area contributed by atoms with Crippen LogP contribution >= 0.6 is 0 Å². The van der Waals surface area contributed by atoms with Crippen LogP contribution in [0.5, 0.6) is 0 Å². The van der Waals surface area contributed by atoms with Crippen molar-refractivity contribution in [1.29, 1.82) is 0 Å². The quantitative estimate of drug-likeness (QED) is 0.0379. The lowest BCUT2D eigenvalue weighted by molar-refractivity contribution is -0.154. The maximum atomic E-state index is 12.3. The van der Waals surface area contributed by atoms with Gasteiger partial charge in [0.15, 0.2) is 0 Å². The number of aliphatic hydroxyl groups is 1. The van der Waals surface area contributed by atoms with E-state index in [-0.39, 0.29) is 19.2 Å². The Morgan fingerprint density at radius 1 is 0.421 bits per heavy atom. The van der Waals surface area contributed by atoms with Crippen LogP contribution in [-0.4, -0.2) is 37.0 Å². The van der Waals surface area contributed by atoms with Crippen LogP contribution in [0.2, 0.25) is 0 Å². The Balaban J connectivity index is 3.45. The molecule has 0 saturated carbocycles. The number of esters is 1. The standard InChI is InChI=1S/C53H96O4/c1-3-5-7-9-11-13-15-17-19-21-23-25-26-27-29-31-33-35-37-39-41-43-45-47-49-56-51-52(50-54)57-53(55)48-46-44-42-40-38-36-34-32-30-28-24-22-20-18-16-14-12-10-8-6-4-2/h15-18,21-24,26-27,52,54H,3-14,19-20,25,28-51H2,1-2H3/b17-15-,18-16-,23-21-,24-22-,27-26-. The number of aliphatic hydroxyl groups excluding tert-OH is 1. The van der Waals surface area contributed by atoms with Gasteiger partial charge in [0.25, 0.3) is 0 Å². The number of hydrogen-bond donors (Lipinski definition) is 1. The van der Waals surface area contributed by atoms with Crippen molar-refractivity contribution in [2.24, 2.45) is 0 Å². The van der Waals surface area contributed by atoms with Crippen LogP contribution in [0.15, 0.2) is 60.8 Å². The maximum absolute atomic E-state index is 12.3. The Morgan fingerprint density at radius 2 is 0.737 bits per heavy atom. The van der Waals surface area contributed by atoms with E-state index in [1.54, 1.807) is 0 Å². The van der Waals surface area contributed by atoms with Crippen molar-refractivity contribution in [2.75, 3.05) is 19.8 Å². The monoisotopic (exact) mass is 797 g/mol. The third-order valence-corrected chi connectivity index (χ3v) is 10.8. The minimum Gasteiger partial charge on any atom is -0.457 e. The van der Waals surface area contributed by atoms with E-state index in [1.165, 1.54) is 186 Å². The van der Waals surface area contributed by atoms with Crippen LogP contribution in [0.25, 0.3) is 0 Å². The largest absolute Gasteiger partial charge is 0.457 e.